The normalized spacial score (nSPS) is 10.4. The molecule has 0 spiro atoms. The second-order valence-electron chi connectivity index (χ2n) is 5.51. The van der Waals surface area contributed by atoms with Gasteiger partial charge < -0.3 is 11.1 Å². The van der Waals surface area contributed by atoms with E-state index >= 15 is 0 Å². The first kappa shape index (κ1) is 16.9. The predicted octanol–water partition coefficient (Wildman–Crippen LogP) is 3.55. The molecule has 0 aliphatic carbocycles. The predicted molar refractivity (Wildman–Crippen MR) is 99.6 cm³/mol. The van der Waals surface area contributed by atoms with Gasteiger partial charge in [-0.25, -0.2) is 9.97 Å². The molecule has 2 aromatic carbocycles. The van der Waals surface area contributed by atoms with Gasteiger partial charge in [-0.05, 0) is 42.3 Å². The minimum Gasteiger partial charge on any atom is -0.366 e. The Balaban J connectivity index is 1.66. The van der Waals surface area contributed by atoms with Crippen molar-refractivity contribution in [1.82, 2.24) is 9.97 Å². The van der Waals surface area contributed by atoms with Crippen molar-refractivity contribution in [2.45, 2.75) is 6.42 Å². The van der Waals surface area contributed by atoms with Gasteiger partial charge in [0.25, 0.3) is 0 Å². The third-order valence-electron chi connectivity index (χ3n) is 3.71. The smallest absolute Gasteiger partial charge is 0.248 e. The van der Waals surface area contributed by atoms with E-state index in [1.54, 1.807) is 18.3 Å². The maximum Gasteiger partial charge on any atom is 0.248 e. The number of benzene rings is 2. The molecule has 0 bridgehead atoms. The van der Waals surface area contributed by atoms with Crippen LogP contribution in [0.5, 0.6) is 0 Å². The van der Waals surface area contributed by atoms with Gasteiger partial charge in [0.05, 0.1) is 5.69 Å². The Labute approximate surface area is 150 Å². The van der Waals surface area contributed by atoms with Crippen LogP contribution in [0.3, 0.4) is 0 Å². The first-order valence-corrected chi connectivity index (χ1v) is 8.21. The highest BCUT2D eigenvalue weighted by Gasteiger charge is 2.04. The number of nitrogens with one attached hydrogen (secondary N) is 1. The summed E-state index contributed by atoms with van der Waals surface area (Å²) in [5, 5.41) is 3.94. The Kier molecular flexibility index (Phi) is 5.26. The number of carbonyl (C=O) groups is 1. The van der Waals surface area contributed by atoms with Crippen LogP contribution in [0.15, 0.2) is 60.8 Å². The lowest BCUT2D eigenvalue weighted by Gasteiger charge is -2.07. The van der Waals surface area contributed by atoms with Gasteiger partial charge in [-0.1, -0.05) is 35.9 Å². The number of halogens is 1. The van der Waals surface area contributed by atoms with Gasteiger partial charge in [0, 0.05) is 28.9 Å². The van der Waals surface area contributed by atoms with E-state index in [4.69, 9.17) is 17.3 Å². The second kappa shape index (κ2) is 7.77. The summed E-state index contributed by atoms with van der Waals surface area (Å²) in [7, 11) is 0. The number of hydrogen-bond acceptors (Lipinski definition) is 4. The van der Waals surface area contributed by atoms with Crippen LogP contribution in [0.2, 0.25) is 5.02 Å². The molecule has 0 aliphatic rings. The largest absolute Gasteiger partial charge is 0.366 e. The third-order valence-corrected chi connectivity index (χ3v) is 3.94. The molecule has 1 heterocycles. The van der Waals surface area contributed by atoms with Crippen LogP contribution in [0.1, 0.15) is 15.9 Å². The Hall–Kier alpha value is -2.92. The van der Waals surface area contributed by atoms with E-state index in [1.165, 1.54) is 0 Å². The van der Waals surface area contributed by atoms with E-state index in [1.807, 2.05) is 42.5 Å². The number of nitrogens with two attached hydrogens (primary N) is 1. The topological polar surface area (TPSA) is 80.9 Å². The highest BCUT2D eigenvalue weighted by atomic mass is 35.5. The summed E-state index contributed by atoms with van der Waals surface area (Å²) in [5.41, 5.74) is 8.55. The van der Waals surface area contributed by atoms with Crippen molar-refractivity contribution in [1.29, 1.82) is 0 Å². The molecule has 0 saturated heterocycles. The second-order valence-corrected chi connectivity index (χ2v) is 5.95. The van der Waals surface area contributed by atoms with Crippen LogP contribution in [-0.2, 0) is 6.42 Å². The van der Waals surface area contributed by atoms with E-state index in [0.29, 0.717) is 18.1 Å². The van der Waals surface area contributed by atoms with Crippen molar-refractivity contribution < 1.29 is 4.79 Å². The third kappa shape index (κ3) is 4.55. The van der Waals surface area contributed by atoms with Crippen molar-refractivity contribution in [3.8, 4) is 11.3 Å². The molecule has 0 atom stereocenters. The van der Waals surface area contributed by atoms with Crippen molar-refractivity contribution in [2.24, 2.45) is 5.73 Å². The summed E-state index contributed by atoms with van der Waals surface area (Å²) in [6.45, 7) is 0.699. The Morgan fingerprint density at radius 2 is 1.92 bits per heavy atom. The number of carbonyl (C=O) groups excluding carboxylic acids is 1. The molecule has 3 N–H and O–H groups in total. The highest BCUT2D eigenvalue weighted by molar-refractivity contribution is 6.30. The molecule has 3 aromatic rings. The summed E-state index contributed by atoms with van der Waals surface area (Å²) in [6, 6.07) is 16.6. The molecule has 0 radical (unpaired) electrons. The number of primary amides is 1. The molecule has 1 amide bonds. The minimum absolute atomic E-state index is 0.447. The first-order chi connectivity index (χ1) is 12.1. The van der Waals surface area contributed by atoms with Crippen molar-refractivity contribution in [3.05, 3.63) is 76.9 Å². The number of rotatable bonds is 6. The van der Waals surface area contributed by atoms with Crippen molar-refractivity contribution in [2.75, 3.05) is 11.9 Å². The highest BCUT2D eigenvalue weighted by Crippen LogP contribution is 2.18. The van der Waals surface area contributed by atoms with E-state index in [2.05, 4.69) is 15.3 Å². The van der Waals surface area contributed by atoms with E-state index < -0.39 is 5.91 Å². The first-order valence-electron chi connectivity index (χ1n) is 7.83. The summed E-state index contributed by atoms with van der Waals surface area (Å²) >= 11 is 5.99. The Morgan fingerprint density at radius 1 is 1.12 bits per heavy atom. The van der Waals surface area contributed by atoms with Crippen LogP contribution in [0.25, 0.3) is 11.3 Å². The van der Waals surface area contributed by atoms with Crippen LogP contribution in [0, 0.1) is 0 Å². The molecule has 126 valence electrons. The van der Waals surface area contributed by atoms with Gasteiger partial charge in [-0.2, -0.15) is 0 Å². The van der Waals surface area contributed by atoms with Crippen molar-refractivity contribution >= 4 is 23.5 Å². The van der Waals surface area contributed by atoms with E-state index in [-0.39, 0.29) is 0 Å². The number of amides is 1. The van der Waals surface area contributed by atoms with Crippen molar-refractivity contribution in [3.63, 3.8) is 0 Å². The van der Waals surface area contributed by atoms with Gasteiger partial charge in [-0.3, -0.25) is 4.79 Å². The minimum atomic E-state index is -0.447. The summed E-state index contributed by atoms with van der Waals surface area (Å²) in [5.74, 6) is 0.108. The van der Waals surface area contributed by atoms with Crippen LogP contribution in [-0.4, -0.2) is 22.4 Å². The van der Waals surface area contributed by atoms with Gasteiger partial charge in [0.2, 0.25) is 11.9 Å². The zero-order valence-corrected chi connectivity index (χ0v) is 14.2. The van der Waals surface area contributed by atoms with E-state index in [0.717, 1.165) is 28.3 Å². The van der Waals surface area contributed by atoms with Crippen LogP contribution in [0.4, 0.5) is 5.95 Å². The molecule has 6 heteroatoms. The summed E-state index contributed by atoms with van der Waals surface area (Å²) in [4.78, 5) is 19.9. The zero-order valence-electron chi connectivity index (χ0n) is 13.4. The number of aromatic nitrogens is 2. The molecule has 1 aromatic heterocycles. The molecular formula is C19H17ClN4O. The average molecular weight is 353 g/mol. The molecular weight excluding hydrogens is 336 g/mol. The van der Waals surface area contributed by atoms with E-state index in [9.17, 15) is 4.79 Å². The maximum absolute atomic E-state index is 11.1. The zero-order chi connectivity index (χ0) is 17.6. The molecule has 0 unspecified atom stereocenters. The van der Waals surface area contributed by atoms with Crippen LogP contribution >= 0.6 is 11.6 Å². The monoisotopic (exact) mass is 352 g/mol. The average Bonchev–Trinajstić information content (AvgIpc) is 2.62. The molecule has 25 heavy (non-hydrogen) atoms. The summed E-state index contributed by atoms with van der Waals surface area (Å²) in [6.07, 6.45) is 2.52. The Morgan fingerprint density at radius 3 is 2.64 bits per heavy atom. The lowest BCUT2D eigenvalue weighted by atomic mass is 10.1. The number of hydrogen-bond donors (Lipinski definition) is 2. The van der Waals surface area contributed by atoms with Gasteiger partial charge in [0.15, 0.2) is 0 Å². The number of anilines is 1. The molecule has 5 nitrogen and oxygen atoms in total. The fourth-order valence-electron chi connectivity index (χ4n) is 2.42. The fraction of sp³-hybridized carbons (Fsp3) is 0.105. The lowest BCUT2D eigenvalue weighted by Crippen LogP contribution is -2.10. The molecule has 0 fully saturated rings. The van der Waals surface area contributed by atoms with Gasteiger partial charge in [-0.15, -0.1) is 0 Å². The summed E-state index contributed by atoms with van der Waals surface area (Å²) < 4.78 is 0. The molecule has 3 rings (SSSR count). The Bertz CT molecular complexity index is 881. The fourth-order valence-corrected chi connectivity index (χ4v) is 2.63. The molecule has 0 aliphatic heterocycles. The van der Waals surface area contributed by atoms with Gasteiger partial charge in [0.1, 0.15) is 0 Å². The SMILES string of the molecule is NC(=O)c1ccc(-c2ccnc(NCCc3cccc(Cl)c3)n2)cc1. The quantitative estimate of drug-likeness (QED) is 0.710. The molecule has 0 saturated carbocycles. The van der Waals surface area contributed by atoms with Gasteiger partial charge >= 0.3 is 0 Å². The van der Waals surface area contributed by atoms with Crippen LogP contribution < -0.4 is 11.1 Å². The maximum atomic E-state index is 11.1. The lowest BCUT2D eigenvalue weighted by molar-refractivity contribution is 0.100. The standard InChI is InChI=1S/C19H17ClN4O/c20-16-3-1-2-13(12-16)8-10-22-19-23-11-9-17(24-19)14-4-6-15(7-5-14)18(21)25/h1-7,9,11-12H,8,10H2,(H2,21,25)(H,22,23,24). The number of nitrogens with zero attached hydrogens (tertiary/aromatic N) is 2.